The molecule has 0 bridgehead atoms. The Labute approximate surface area is 117 Å². The van der Waals surface area contributed by atoms with E-state index < -0.39 is 11.9 Å². The lowest BCUT2D eigenvalue weighted by molar-refractivity contribution is 0.106. The number of nitrogens with two attached hydrogens (primary N) is 1. The van der Waals surface area contributed by atoms with Crippen LogP contribution in [0.2, 0.25) is 0 Å². The number of aliphatic hydroxyl groups excluding tert-OH is 1. The van der Waals surface area contributed by atoms with Gasteiger partial charge in [0.15, 0.2) is 11.6 Å². The van der Waals surface area contributed by atoms with Crippen molar-refractivity contribution in [3.63, 3.8) is 0 Å². The smallest absolute Gasteiger partial charge is 0.165 e. The molecule has 1 unspecified atom stereocenters. The first-order valence-corrected chi connectivity index (χ1v) is 6.48. The van der Waals surface area contributed by atoms with Crippen LogP contribution >= 0.6 is 0 Å². The van der Waals surface area contributed by atoms with Crippen molar-refractivity contribution in [2.24, 2.45) is 5.73 Å². The molecule has 0 saturated carbocycles. The largest absolute Gasteiger partial charge is 0.487 e. The maximum atomic E-state index is 13.8. The average molecular weight is 275 g/mol. The summed E-state index contributed by atoms with van der Waals surface area (Å²) in [5, 5.41) is 9.95. The van der Waals surface area contributed by atoms with E-state index in [1.54, 1.807) is 25.1 Å². The van der Waals surface area contributed by atoms with E-state index in [-0.39, 0.29) is 18.4 Å². The quantitative estimate of drug-likeness (QED) is 0.882. The van der Waals surface area contributed by atoms with Gasteiger partial charge in [-0.1, -0.05) is 36.4 Å². The van der Waals surface area contributed by atoms with Crippen molar-refractivity contribution < 1.29 is 14.2 Å². The molecule has 2 rings (SSSR count). The van der Waals surface area contributed by atoms with Crippen LogP contribution in [-0.2, 0) is 0 Å². The van der Waals surface area contributed by atoms with E-state index in [9.17, 15) is 9.50 Å². The third-order valence-electron chi connectivity index (χ3n) is 3.06. The summed E-state index contributed by atoms with van der Waals surface area (Å²) in [6, 6.07) is 13.5. The standard InChI is InChI=1S/C16H18FNO2/c1-11(18)13-7-8-16(14(17)9-13)20-10-15(19)12-5-3-2-4-6-12/h2-9,11,15,19H,10,18H2,1H3/t11-,15?/m1/s1. The highest BCUT2D eigenvalue weighted by molar-refractivity contribution is 5.31. The lowest BCUT2D eigenvalue weighted by Crippen LogP contribution is -2.11. The average Bonchev–Trinajstić information content (AvgIpc) is 2.46. The van der Waals surface area contributed by atoms with Crippen LogP contribution < -0.4 is 10.5 Å². The van der Waals surface area contributed by atoms with E-state index >= 15 is 0 Å². The van der Waals surface area contributed by atoms with Crippen molar-refractivity contribution in [3.05, 3.63) is 65.5 Å². The van der Waals surface area contributed by atoms with Crippen LogP contribution in [0.3, 0.4) is 0 Å². The van der Waals surface area contributed by atoms with Gasteiger partial charge in [-0.25, -0.2) is 4.39 Å². The molecular formula is C16H18FNO2. The van der Waals surface area contributed by atoms with Crippen LogP contribution in [0.1, 0.15) is 30.2 Å². The number of halogens is 1. The van der Waals surface area contributed by atoms with Crippen LogP contribution in [0.5, 0.6) is 5.75 Å². The molecule has 3 N–H and O–H groups in total. The van der Waals surface area contributed by atoms with Gasteiger partial charge in [-0.2, -0.15) is 0 Å². The van der Waals surface area contributed by atoms with Gasteiger partial charge >= 0.3 is 0 Å². The molecule has 0 aliphatic carbocycles. The predicted molar refractivity (Wildman–Crippen MR) is 75.9 cm³/mol. The second kappa shape index (κ2) is 6.50. The first kappa shape index (κ1) is 14.5. The van der Waals surface area contributed by atoms with Crippen LogP contribution in [-0.4, -0.2) is 11.7 Å². The van der Waals surface area contributed by atoms with Crippen LogP contribution in [0.25, 0.3) is 0 Å². The number of hydrogen-bond donors (Lipinski definition) is 2. The van der Waals surface area contributed by atoms with Crippen molar-refractivity contribution in [1.29, 1.82) is 0 Å². The molecule has 0 saturated heterocycles. The molecule has 0 aliphatic rings. The Morgan fingerprint density at radius 3 is 2.45 bits per heavy atom. The van der Waals surface area contributed by atoms with Gasteiger partial charge in [0.1, 0.15) is 12.7 Å². The molecule has 3 nitrogen and oxygen atoms in total. The van der Waals surface area contributed by atoms with Crippen molar-refractivity contribution in [2.45, 2.75) is 19.1 Å². The highest BCUT2D eigenvalue weighted by Gasteiger charge is 2.11. The Hall–Kier alpha value is -1.91. The van der Waals surface area contributed by atoms with Crippen LogP contribution in [0.15, 0.2) is 48.5 Å². The molecule has 2 atom stereocenters. The number of rotatable bonds is 5. The Balaban J connectivity index is 2.01. The van der Waals surface area contributed by atoms with E-state index in [2.05, 4.69) is 0 Å². The SMILES string of the molecule is C[C@@H](N)c1ccc(OCC(O)c2ccccc2)c(F)c1. The summed E-state index contributed by atoms with van der Waals surface area (Å²) >= 11 is 0. The summed E-state index contributed by atoms with van der Waals surface area (Å²) in [4.78, 5) is 0. The van der Waals surface area contributed by atoms with Gasteiger partial charge in [0, 0.05) is 6.04 Å². The summed E-state index contributed by atoms with van der Waals surface area (Å²) in [5.41, 5.74) is 7.13. The Bertz CT molecular complexity index is 558. The molecule has 0 radical (unpaired) electrons. The highest BCUT2D eigenvalue weighted by Crippen LogP contribution is 2.22. The maximum Gasteiger partial charge on any atom is 0.165 e. The summed E-state index contributed by atoms with van der Waals surface area (Å²) in [6.07, 6.45) is -0.788. The normalized spacial score (nSPS) is 13.8. The maximum absolute atomic E-state index is 13.8. The molecule has 0 amide bonds. The molecular weight excluding hydrogens is 257 g/mol. The fourth-order valence-electron chi connectivity index (χ4n) is 1.86. The van der Waals surface area contributed by atoms with Crippen LogP contribution in [0, 0.1) is 5.82 Å². The zero-order valence-electron chi connectivity index (χ0n) is 11.3. The first-order valence-electron chi connectivity index (χ1n) is 6.48. The lowest BCUT2D eigenvalue weighted by atomic mass is 10.1. The summed E-state index contributed by atoms with van der Waals surface area (Å²) < 4.78 is 19.1. The van der Waals surface area contributed by atoms with Gasteiger partial charge in [0.2, 0.25) is 0 Å². The Morgan fingerprint density at radius 1 is 1.15 bits per heavy atom. The zero-order valence-corrected chi connectivity index (χ0v) is 11.3. The monoisotopic (exact) mass is 275 g/mol. The van der Waals surface area contributed by atoms with Crippen molar-refractivity contribution in [1.82, 2.24) is 0 Å². The molecule has 2 aromatic rings. The Morgan fingerprint density at radius 2 is 1.85 bits per heavy atom. The van der Waals surface area contributed by atoms with E-state index in [0.29, 0.717) is 5.56 Å². The van der Waals surface area contributed by atoms with Crippen molar-refractivity contribution in [3.8, 4) is 5.75 Å². The third-order valence-corrected chi connectivity index (χ3v) is 3.06. The number of aliphatic hydroxyl groups is 1. The topological polar surface area (TPSA) is 55.5 Å². The van der Waals surface area contributed by atoms with Gasteiger partial charge in [-0.15, -0.1) is 0 Å². The fourth-order valence-corrected chi connectivity index (χ4v) is 1.86. The van der Waals surface area contributed by atoms with Crippen molar-refractivity contribution in [2.75, 3.05) is 6.61 Å². The molecule has 0 aromatic heterocycles. The van der Waals surface area contributed by atoms with E-state index in [4.69, 9.17) is 10.5 Å². The molecule has 20 heavy (non-hydrogen) atoms. The minimum atomic E-state index is -0.788. The fraction of sp³-hybridized carbons (Fsp3) is 0.250. The summed E-state index contributed by atoms with van der Waals surface area (Å²) in [5.74, 6) is -0.357. The third kappa shape index (κ3) is 3.56. The number of hydrogen-bond acceptors (Lipinski definition) is 3. The molecule has 0 heterocycles. The highest BCUT2D eigenvalue weighted by atomic mass is 19.1. The van der Waals surface area contributed by atoms with Gasteiger partial charge < -0.3 is 15.6 Å². The first-order chi connectivity index (χ1) is 9.58. The number of ether oxygens (including phenoxy) is 1. The van der Waals surface area contributed by atoms with Gasteiger partial charge in [-0.05, 0) is 30.2 Å². The van der Waals surface area contributed by atoms with E-state index in [1.165, 1.54) is 12.1 Å². The van der Waals surface area contributed by atoms with E-state index in [1.807, 2.05) is 18.2 Å². The predicted octanol–water partition coefficient (Wildman–Crippen LogP) is 2.96. The summed E-state index contributed by atoms with van der Waals surface area (Å²) in [6.45, 7) is 1.78. The minimum Gasteiger partial charge on any atom is -0.487 e. The lowest BCUT2D eigenvalue weighted by Gasteiger charge is -2.14. The summed E-state index contributed by atoms with van der Waals surface area (Å²) in [7, 11) is 0. The van der Waals surface area contributed by atoms with Crippen LogP contribution in [0.4, 0.5) is 4.39 Å². The second-order valence-electron chi connectivity index (χ2n) is 4.72. The molecule has 106 valence electrons. The van der Waals surface area contributed by atoms with Gasteiger partial charge in [0.25, 0.3) is 0 Å². The zero-order chi connectivity index (χ0) is 14.5. The second-order valence-corrected chi connectivity index (χ2v) is 4.72. The number of benzene rings is 2. The molecule has 4 heteroatoms. The molecule has 0 spiro atoms. The minimum absolute atomic E-state index is 0.00153. The van der Waals surface area contributed by atoms with Gasteiger partial charge in [-0.3, -0.25) is 0 Å². The van der Waals surface area contributed by atoms with E-state index in [0.717, 1.165) is 5.56 Å². The molecule has 0 fully saturated rings. The molecule has 2 aromatic carbocycles. The van der Waals surface area contributed by atoms with Crippen molar-refractivity contribution >= 4 is 0 Å². The Kier molecular flexibility index (Phi) is 4.71. The van der Waals surface area contributed by atoms with Gasteiger partial charge in [0.05, 0.1) is 0 Å². The molecule has 0 aliphatic heterocycles.